The molecular weight excluding hydrogens is 226 g/mol. The minimum absolute atomic E-state index is 0.0387. The van der Waals surface area contributed by atoms with E-state index in [1.165, 1.54) is 19.3 Å². The summed E-state index contributed by atoms with van der Waals surface area (Å²) < 4.78 is 1.77. The van der Waals surface area contributed by atoms with Gasteiger partial charge in [0, 0.05) is 18.8 Å². The fraction of sp³-hybridized carbons (Fsp3) is 0.714. The van der Waals surface area contributed by atoms with Gasteiger partial charge in [0.05, 0.1) is 11.3 Å². The van der Waals surface area contributed by atoms with E-state index >= 15 is 0 Å². The molecule has 18 heavy (non-hydrogen) atoms. The van der Waals surface area contributed by atoms with E-state index in [-0.39, 0.29) is 5.91 Å². The number of hydrogen-bond donors (Lipinski definition) is 1. The third kappa shape index (κ3) is 2.42. The number of nitrogens with zero attached hydrogens (tertiary/aromatic N) is 2. The number of carbonyl (C=O) groups is 1. The first-order chi connectivity index (χ1) is 8.50. The third-order valence-corrected chi connectivity index (χ3v) is 4.16. The minimum Gasteiger partial charge on any atom is -0.349 e. The number of rotatable bonds is 2. The minimum atomic E-state index is 0.0387. The van der Waals surface area contributed by atoms with Crippen molar-refractivity contribution in [1.29, 1.82) is 0 Å². The van der Waals surface area contributed by atoms with Crippen molar-refractivity contribution in [2.45, 2.75) is 52.5 Å². The Hall–Kier alpha value is -1.32. The lowest BCUT2D eigenvalue weighted by Crippen LogP contribution is -2.41. The van der Waals surface area contributed by atoms with Gasteiger partial charge in [0.15, 0.2) is 0 Å². The number of aryl methyl sites for hydroxylation is 2. The highest BCUT2D eigenvalue weighted by Crippen LogP contribution is 2.24. The first kappa shape index (κ1) is 13.1. The van der Waals surface area contributed by atoms with Gasteiger partial charge in [-0.05, 0) is 32.6 Å². The zero-order valence-electron chi connectivity index (χ0n) is 11.8. The maximum atomic E-state index is 12.3. The van der Waals surface area contributed by atoms with Crippen LogP contribution in [0.15, 0.2) is 0 Å². The van der Waals surface area contributed by atoms with E-state index in [1.54, 1.807) is 4.68 Å². The van der Waals surface area contributed by atoms with Crippen LogP contribution in [0.25, 0.3) is 0 Å². The summed E-state index contributed by atoms with van der Waals surface area (Å²) in [6.45, 7) is 6.07. The molecule has 0 bridgehead atoms. The Morgan fingerprint density at radius 2 is 2.00 bits per heavy atom. The van der Waals surface area contributed by atoms with Crippen molar-refractivity contribution in [2.24, 2.45) is 13.0 Å². The number of hydrogen-bond acceptors (Lipinski definition) is 2. The lowest BCUT2D eigenvalue weighted by atomic mass is 9.86. The van der Waals surface area contributed by atoms with Crippen LogP contribution in [0.2, 0.25) is 0 Å². The van der Waals surface area contributed by atoms with Crippen LogP contribution >= 0.6 is 0 Å². The molecule has 0 aliphatic heterocycles. The zero-order valence-corrected chi connectivity index (χ0v) is 11.8. The summed E-state index contributed by atoms with van der Waals surface area (Å²) in [7, 11) is 1.88. The molecule has 4 heteroatoms. The molecule has 1 aromatic heterocycles. The van der Waals surface area contributed by atoms with Gasteiger partial charge < -0.3 is 5.32 Å². The van der Waals surface area contributed by atoms with Gasteiger partial charge in [-0.2, -0.15) is 5.10 Å². The van der Waals surface area contributed by atoms with Crippen molar-refractivity contribution in [3.63, 3.8) is 0 Å². The van der Waals surface area contributed by atoms with Crippen molar-refractivity contribution in [3.05, 3.63) is 17.0 Å². The van der Waals surface area contributed by atoms with Gasteiger partial charge in [-0.25, -0.2) is 0 Å². The lowest BCUT2D eigenvalue weighted by Gasteiger charge is -2.29. The van der Waals surface area contributed by atoms with Gasteiger partial charge in [-0.3, -0.25) is 9.48 Å². The van der Waals surface area contributed by atoms with Crippen molar-refractivity contribution < 1.29 is 4.79 Å². The molecule has 4 nitrogen and oxygen atoms in total. The summed E-state index contributed by atoms with van der Waals surface area (Å²) in [5, 5.41) is 7.49. The quantitative estimate of drug-likeness (QED) is 0.874. The molecule has 1 saturated carbocycles. The Kier molecular flexibility index (Phi) is 3.73. The summed E-state index contributed by atoms with van der Waals surface area (Å²) in [6, 6.07) is 0.324. The van der Waals surface area contributed by atoms with E-state index in [4.69, 9.17) is 0 Å². The molecule has 1 amide bonds. The van der Waals surface area contributed by atoms with Crippen molar-refractivity contribution in [1.82, 2.24) is 15.1 Å². The van der Waals surface area contributed by atoms with Crippen LogP contribution in [0.3, 0.4) is 0 Å². The molecule has 0 saturated heterocycles. The van der Waals surface area contributed by atoms with Gasteiger partial charge in [0.25, 0.3) is 5.91 Å². The molecule has 1 fully saturated rings. The monoisotopic (exact) mass is 249 g/mol. The highest BCUT2D eigenvalue weighted by atomic mass is 16.1. The summed E-state index contributed by atoms with van der Waals surface area (Å²) in [6.07, 6.45) is 4.83. The number of nitrogens with one attached hydrogen (secondary N) is 1. The molecule has 2 rings (SSSR count). The average molecular weight is 249 g/mol. The van der Waals surface area contributed by atoms with E-state index in [9.17, 15) is 4.79 Å². The van der Waals surface area contributed by atoms with Gasteiger partial charge >= 0.3 is 0 Å². The molecule has 0 spiro atoms. The van der Waals surface area contributed by atoms with E-state index in [2.05, 4.69) is 17.3 Å². The maximum absolute atomic E-state index is 12.3. The van der Waals surface area contributed by atoms with Crippen LogP contribution in [0.1, 0.15) is 54.4 Å². The predicted octanol–water partition coefficient (Wildman–Crippen LogP) is 2.35. The molecular formula is C14H23N3O. The van der Waals surface area contributed by atoms with E-state index < -0.39 is 0 Å². The number of carbonyl (C=O) groups excluding carboxylic acids is 1. The smallest absolute Gasteiger partial charge is 0.255 e. The molecule has 0 aromatic carbocycles. The Bertz CT molecular complexity index is 450. The van der Waals surface area contributed by atoms with Gasteiger partial charge in [0.1, 0.15) is 0 Å². The Morgan fingerprint density at radius 1 is 1.33 bits per heavy atom. The first-order valence-electron chi connectivity index (χ1n) is 6.81. The Morgan fingerprint density at radius 3 is 2.56 bits per heavy atom. The zero-order chi connectivity index (χ0) is 13.3. The second kappa shape index (κ2) is 5.12. The molecule has 1 aliphatic rings. The fourth-order valence-electron chi connectivity index (χ4n) is 2.87. The number of amides is 1. The van der Waals surface area contributed by atoms with Crippen molar-refractivity contribution >= 4 is 5.91 Å². The topological polar surface area (TPSA) is 46.9 Å². The standard InChI is InChI=1S/C14H23N3O/c1-9-7-5-6-8-12(9)15-14(18)13-10(2)16-17(4)11(13)3/h9,12H,5-8H2,1-4H3,(H,15,18)/t9-,12-/m1/s1. The first-order valence-corrected chi connectivity index (χ1v) is 6.81. The highest BCUT2D eigenvalue weighted by Gasteiger charge is 2.25. The van der Waals surface area contributed by atoms with Crippen LogP contribution < -0.4 is 5.32 Å². The summed E-state index contributed by atoms with van der Waals surface area (Å²) in [5.41, 5.74) is 2.50. The van der Waals surface area contributed by atoms with Gasteiger partial charge in [0.2, 0.25) is 0 Å². The molecule has 2 atom stereocenters. The normalized spacial score (nSPS) is 24.0. The van der Waals surface area contributed by atoms with Crippen LogP contribution in [0, 0.1) is 19.8 Å². The van der Waals surface area contributed by atoms with Crippen LogP contribution in [0.5, 0.6) is 0 Å². The molecule has 1 heterocycles. The molecule has 1 aliphatic carbocycles. The Labute approximate surface area is 109 Å². The highest BCUT2D eigenvalue weighted by molar-refractivity contribution is 5.96. The molecule has 1 aromatic rings. The maximum Gasteiger partial charge on any atom is 0.255 e. The summed E-state index contributed by atoms with van der Waals surface area (Å²) >= 11 is 0. The van der Waals surface area contributed by atoms with Crippen molar-refractivity contribution in [2.75, 3.05) is 0 Å². The lowest BCUT2D eigenvalue weighted by molar-refractivity contribution is 0.0909. The summed E-state index contributed by atoms with van der Waals surface area (Å²) in [5.74, 6) is 0.622. The molecule has 1 N–H and O–H groups in total. The SMILES string of the molecule is Cc1nn(C)c(C)c1C(=O)N[C@@H]1CCCC[C@H]1C. The molecule has 0 unspecified atom stereocenters. The molecule has 100 valence electrons. The van der Waals surface area contributed by atoms with Gasteiger partial charge in [-0.15, -0.1) is 0 Å². The molecule has 0 radical (unpaired) electrons. The van der Waals surface area contributed by atoms with E-state index in [0.29, 0.717) is 12.0 Å². The van der Waals surface area contributed by atoms with Crippen LogP contribution in [-0.4, -0.2) is 21.7 Å². The second-order valence-electron chi connectivity index (χ2n) is 5.51. The second-order valence-corrected chi connectivity index (χ2v) is 5.51. The number of aromatic nitrogens is 2. The largest absolute Gasteiger partial charge is 0.349 e. The van der Waals surface area contributed by atoms with Crippen LogP contribution in [0.4, 0.5) is 0 Å². The van der Waals surface area contributed by atoms with E-state index in [0.717, 1.165) is 23.4 Å². The Balaban J connectivity index is 2.12. The van der Waals surface area contributed by atoms with E-state index in [1.807, 2.05) is 20.9 Å². The summed E-state index contributed by atoms with van der Waals surface area (Å²) in [4.78, 5) is 12.3. The van der Waals surface area contributed by atoms with Gasteiger partial charge in [-0.1, -0.05) is 19.8 Å². The third-order valence-electron chi connectivity index (χ3n) is 4.16. The predicted molar refractivity (Wildman–Crippen MR) is 71.6 cm³/mol. The van der Waals surface area contributed by atoms with Crippen LogP contribution in [-0.2, 0) is 7.05 Å². The van der Waals surface area contributed by atoms with Crippen molar-refractivity contribution in [3.8, 4) is 0 Å². The fourth-order valence-corrected chi connectivity index (χ4v) is 2.87. The average Bonchev–Trinajstić information content (AvgIpc) is 2.56.